The van der Waals surface area contributed by atoms with Gasteiger partial charge < -0.3 is 15.6 Å². The Morgan fingerprint density at radius 3 is 2.81 bits per heavy atom. The third kappa shape index (κ3) is 2.91. The third-order valence-electron chi connectivity index (χ3n) is 4.98. The number of nitrogens with one attached hydrogen (secondary N) is 4. The van der Waals surface area contributed by atoms with Crippen LogP contribution < -0.4 is 10.6 Å². The molecule has 2 aromatic carbocycles. The third-order valence-corrected chi connectivity index (χ3v) is 4.98. The zero-order chi connectivity index (χ0) is 18.4. The lowest BCUT2D eigenvalue weighted by molar-refractivity contribution is 0.480. The van der Waals surface area contributed by atoms with Crippen LogP contribution in [0.4, 0.5) is 14.5 Å². The minimum absolute atomic E-state index is 0.409. The SMILES string of the molecule is Fc1cc2[nH]nc(-c3nc4ccc(NC5CCCNC5)cc4[nH]3)c2cc1F. The van der Waals surface area contributed by atoms with Crippen molar-refractivity contribution in [3.05, 3.63) is 42.0 Å². The molecule has 0 bridgehead atoms. The number of hydrogen-bond acceptors (Lipinski definition) is 4. The normalized spacial score (nSPS) is 17.6. The summed E-state index contributed by atoms with van der Waals surface area (Å²) in [5.74, 6) is -1.30. The molecule has 1 saturated heterocycles. The van der Waals surface area contributed by atoms with E-state index >= 15 is 0 Å². The molecule has 0 saturated carbocycles. The van der Waals surface area contributed by atoms with Gasteiger partial charge in [0.1, 0.15) is 5.69 Å². The molecule has 2 aromatic heterocycles. The lowest BCUT2D eigenvalue weighted by Crippen LogP contribution is -2.38. The van der Waals surface area contributed by atoms with E-state index in [-0.39, 0.29) is 0 Å². The zero-order valence-corrected chi connectivity index (χ0v) is 14.4. The molecule has 1 unspecified atom stereocenters. The first-order chi connectivity index (χ1) is 13.2. The number of piperidine rings is 1. The Morgan fingerprint density at radius 2 is 1.96 bits per heavy atom. The molecule has 1 aliphatic rings. The first kappa shape index (κ1) is 16.2. The van der Waals surface area contributed by atoms with E-state index in [2.05, 4.69) is 30.8 Å². The first-order valence-electron chi connectivity index (χ1n) is 8.98. The maximum atomic E-state index is 13.6. The number of nitrogens with zero attached hydrogens (tertiary/aromatic N) is 2. The average Bonchev–Trinajstić information content (AvgIpc) is 3.26. The number of imidazole rings is 1. The average molecular weight is 368 g/mol. The van der Waals surface area contributed by atoms with Gasteiger partial charge in [0, 0.05) is 29.7 Å². The summed E-state index contributed by atoms with van der Waals surface area (Å²) in [5, 5.41) is 14.3. The standard InChI is InChI=1S/C19H18F2N6/c20-13-7-12-16(8-14(13)21)26-27-18(12)19-24-15-4-3-10(6-17(15)25-19)23-11-2-1-5-22-9-11/h3-4,6-8,11,22-23H,1-2,5,9H2,(H,24,25)(H,26,27). The van der Waals surface area contributed by atoms with Gasteiger partial charge in [-0.25, -0.2) is 13.8 Å². The van der Waals surface area contributed by atoms with Crippen LogP contribution in [0.25, 0.3) is 33.5 Å². The molecule has 3 heterocycles. The highest BCUT2D eigenvalue weighted by Gasteiger charge is 2.16. The van der Waals surface area contributed by atoms with Crippen molar-refractivity contribution in [1.29, 1.82) is 0 Å². The van der Waals surface area contributed by atoms with Crippen molar-refractivity contribution in [3.63, 3.8) is 0 Å². The summed E-state index contributed by atoms with van der Waals surface area (Å²) < 4.78 is 27.0. The Hall–Kier alpha value is -3.00. The number of hydrogen-bond donors (Lipinski definition) is 4. The fourth-order valence-corrected chi connectivity index (χ4v) is 3.61. The quantitative estimate of drug-likeness (QED) is 0.446. The van der Waals surface area contributed by atoms with Gasteiger partial charge in [0.15, 0.2) is 17.5 Å². The lowest BCUT2D eigenvalue weighted by Gasteiger charge is -2.24. The molecule has 1 aliphatic heterocycles. The van der Waals surface area contributed by atoms with Crippen LogP contribution in [0, 0.1) is 11.6 Å². The monoisotopic (exact) mass is 368 g/mol. The molecule has 8 heteroatoms. The van der Waals surface area contributed by atoms with Gasteiger partial charge in [-0.1, -0.05) is 0 Å². The van der Waals surface area contributed by atoms with E-state index in [9.17, 15) is 8.78 Å². The van der Waals surface area contributed by atoms with Crippen LogP contribution in [-0.4, -0.2) is 39.3 Å². The molecule has 5 rings (SSSR count). The van der Waals surface area contributed by atoms with Gasteiger partial charge in [-0.2, -0.15) is 5.10 Å². The fraction of sp³-hybridized carbons (Fsp3) is 0.263. The summed E-state index contributed by atoms with van der Waals surface area (Å²) in [6, 6.07) is 8.59. The second kappa shape index (κ2) is 6.31. The van der Waals surface area contributed by atoms with Crippen molar-refractivity contribution in [1.82, 2.24) is 25.5 Å². The molecule has 0 amide bonds. The molecule has 6 nitrogen and oxygen atoms in total. The summed E-state index contributed by atoms with van der Waals surface area (Å²) >= 11 is 0. The van der Waals surface area contributed by atoms with E-state index in [1.54, 1.807) is 0 Å². The van der Waals surface area contributed by atoms with Crippen molar-refractivity contribution in [2.45, 2.75) is 18.9 Å². The number of fused-ring (bicyclic) bond motifs is 2. The van der Waals surface area contributed by atoms with Crippen LogP contribution in [-0.2, 0) is 0 Å². The smallest absolute Gasteiger partial charge is 0.160 e. The molecule has 0 aliphatic carbocycles. The molecule has 0 radical (unpaired) electrons. The van der Waals surface area contributed by atoms with E-state index in [0.717, 1.165) is 54.8 Å². The van der Waals surface area contributed by atoms with E-state index in [0.29, 0.717) is 28.5 Å². The van der Waals surface area contributed by atoms with Crippen molar-refractivity contribution >= 4 is 27.6 Å². The van der Waals surface area contributed by atoms with E-state index in [1.165, 1.54) is 0 Å². The van der Waals surface area contributed by atoms with Crippen molar-refractivity contribution in [2.75, 3.05) is 18.4 Å². The van der Waals surface area contributed by atoms with Crippen molar-refractivity contribution in [2.24, 2.45) is 0 Å². The van der Waals surface area contributed by atoms with Gasteiger partial charge in [-0.3, -0.25) is 5.10 Å². The molecule has 4 N–H and O–H groups in total. The van der Waals surface area contributed by atoms with Gasteiger partial charge in [0.2, 0.25) is 0 Å². The summed E-state index contributed by atoms with van der Waals surface area (Å²) in [6.07, 6.45) is 2.30. The Morgan fingerprint density at radius 1 is 1.07 bits per heavy atom. The summed E-state index contributed by atoms with van der Waals surface area (Å²) in [6.45, 7) is 2.02. The van der Waals surface area contributed by atoms with Crippen molar-refractivity contribution < 1.29 is 8.78 Å². The predicted molar refractivity (Wildman–Crippen MR) is 101 cm³/mol. The molecule has 27 heavy (non-hydrogen) atoms. The second-order valence-electron chi connectivity index (χ2n) is 6.89. The number of aromatic nitrogens is 4. The minimum Gasteiger partial charge on any atom is -0.381 e. The Bertz CT molecular complexity index is 1130. The molecule has 1 fully saturated rings. The Labute approximate surface area is 153 Å². The lowest BCUT2D eigenvalue weighted by atomic mass is 10.1. The maximum Gasteiger partial charge on any atom is 0.160 e. The van der Waals surface area contributed by atoms with Crippen LogP contribution in [0.3, 0.4) is 0 Å². The topological polar surface area (TPSA) is 81.4 Å². The highest BCUT2D eigenvalue weighted by atomic mass is 19.2. The Balaban J connectivity index is 1.50. The first-order valence-corrected chi connectivity index (χ1v) is 8.98. The van der Waals surface area contributed by atoms with Crippen molar-refractivity contribution in [3.8, 4) is 11.5 Å². The molecular formula is C19H18F2N6. The molecule has 4 aromatic rings. The zero-order valence-electron chi connectivity index (χ0n) is 14.4. The summed E-state index contributed by atoms with van der Waals surface area (Å²) in [4.78, 5) is 7.79. The van der Waals surface area contributed by atoms with Crippen LogP contribution >= 0.6 is 0 Å². The van der Waals surface area contributed by atoms with Gasteiger partial charge in [-0.05, 0) is 43.7 Å². The number of H-pyrrole nitrogens is 2. The highest BCUT2D eigenvalue weighted by Crippen LogP contribution is 2.28. The Kier molecular flexibility index (Phi) is 3.78. The molecule has 1 atom stereocenters. The van der Waals surface area contributed by atoms with E-state index < -0.39 is 11.6 Å². The largest absolute Gasteiger partial charge is 0.381 e. The van der Waals surface area contributed by atoms with Crippen LogP contribution in [0.1, 0.15) is 12.8 Å². The molecule has 0 spiro atoms. The predicted octanol–water partition coefficient (Wildman–Crippen LogP) is 3.55. The van der Waals surface area contributed by atoms with Gasteiger partial charge >= 0.3 is 0 Å². The summed E-state index contributed by atoms with van der Waals surface area (Å²) in [7, 11) is 0. The van der Waals surface area contributed by atoms with Gasteiger partial charge in [0.25, 0.3) is 0 Å². The number of anilines is 1. The fourth-order valence-electron chi connectivity index (χ4n) is 3.61. The maximum absolute atomic E-state index is 13.6. The van der Waals surface area contributed by atoms with Crippen LogP contribution in [0.2, 0.25) is 0 Å². The van der Waals surface area contributed by atoms with Gasteiger partial charge in [-0.15, -0.1) is 0 Å². The second-order valence-corrected chi connectivity index (χ2v) is 6.89. The number of halogens is 2. The van der Waals surface area contributed by atoms with Crippen LogP contribution in [0.5, 0.6) is 0 Å². The number of benzene rings is 2. The van der Waals surface area contributed by atoms with E-state index in [1.807, 2.05) is 18.2 Å². The molecule has 138 valence electrons. The number of rotatable bonds is 3. The van der Waals surface area contributed by atoms with Gasteiger partial charge in [0.05, 0.1) is 16.6 Å². The van der Waals surface area contributed by atoms with E-state index in [4.69, 9.17) is 0 Å². The van der Waals surface area contributed by atoms with Crippen LogP contribution in [0.15, 0.2) is 30.3 Å². The minimum atomic E-state index is -0.908. The highest BCUT2D eigenvalue weighted by molar-refractivity contribution is 5.93. The summed E-state index contributed by atoms with van der Waals surface area (Å²) in [5.41, 5.74) is 3.56. The number of aromatic amines is 2. The molecular weight excluding hydrogens is 350 g/mol.